The SMILES string of the molecule is CC(C)(C)OC(=O)n1nc(Br)c2nccnc21. The van der Waals surface area contributed by atoms with E-state index >= 15 is 0 Å². The predicted octanol–water partition coefficient (Wildman–Crippen LogP) is 2.37. The van der Waals surface area contributed by atoms with Crippen LogP contribution in [-0.4, -0.2) is 31.4 Å². The van der Waals surface area contributed by atoms with Gasteiger partial charge in [-0.3, -0.25) is 0 Å². The van der Waals surface area contributed by atoms with Crippen LogP contribution in [-0.2, 0) is 4.74 Å². The van der Waals surface area contributed by atoms with Crippen molar-refractivity contribution in [2.45, 2.75) is 26.4 Å². The Bertz CT molecular complexity index is 573. The van der Waals surface area contributed by atoms with Crippen LogP contribution < -0.4 is 0 Å². The van der Waals surface area contributed by atoms with Gasteiger partial charge >= 0.3 is 6.09 Å². The highest BCUT2D eigenvalue weighted by Gasteiger charge is 2.22. The summed E-state index contributed by atoms with van der Waals surface area (Å²) in [7, 11) is 0. The molecule has 0 bridgehead atoms. The van der Waals surface area contributed by atoms with Crippen molar-refractivity contribution in [1.82, 2.24) is 19.7 Å². The van der Waals surface area contributed by atoms with Gasteiger partial charge < -0.3 is 4.74 Å². The molecule has 7 heteroatoms. The number of carbonyl (C=O) groups is 1. The quantitative estimate of drug-likeness (QED) is 0.747. The Hall–Kier alpha value is -1.50. The van der Waals surface area contributed by atoms with Gasteiger partial charge in [0, 0.05) is 12.4 Å². The zero-order valence-electron chi connectivity index (χ0n) is 9.64. The summed E-state index contributed by atoms with van der Waals surface area (Å²) < 4.78 is 6.78. The molecule has 0 saturated carbocycles. The Morgan fingerprint density at radius 2 is 2.00 bits per heavy atom. The Morgan fingerprint density at radius 1 is 1.35 bits per heavy atom. The van der Waals surface area contributed by atoms with Crippen LogP contribution in [0.4, 0.5) is 4.79 Å². The Morgan fingerprint density at radius 3 is 2.65 bits per heavy atom. The highest BCUT2D eigenvalue weighted by Crippen LogP contribution is 2.20. The maximum atomic E-state index is 11.9. The van der Waals surface area contributed by atoms with Crippen LogP contribution in [0.5, 0.6) is 0 Å². The topological polar surface area (TPSA) is 69.9 Å². The molecular weight excluding hydrogens is 288 g/mol. The molecule has 0 radical (unpaired) electrons. The van der Waals surface area contributed by atoms with E-state index in [0.717, 1.165) is 4.68 Å². The number of hydrogen-bond donors (Lipinski definition) is 0. The lowest BCUT2D eigenvalue weighted by Crippen LogP contribution is -2.27. The molecule has 0 N–H and O–H groups in total. The molecule has 17 heavy (non-hydrogen) atoms. The fourth-order valence-corrected chi connectivity index (χ4v) is 1.68. The van der Waals surface area contributed by atoms with Crippen LogP contribution >= 0.6 is 15.9 Å². The van der Waals surface area contributed by atoms with Gasteiger partial charge in [-0.15, -0.1) is 4.68 Å². The minimum atomic E-state index is -0.579. The van der Waals surface area contributed by atoms with Crippen molar-refractivity contribution in [3.63, 3.8) is 0 Å². The van der Waals surface area contributed by atoms with Crippen molar-refractivity contribution in [2.24, 2.45) is 0 Å². The molecule has 0 aromatic carbocycles. The molecule has 6 nitrogen and oxygen atoms in total. The van der Waals surface area contributed by atoms with Crippen molar-refractivity contribution < 1.29 is 9.53 Å². The fourth-order valence-electron chi connectivity index (χ4n) is 1.25. The van der Waals surface area contributed by atoms with Gasteiger partial charge in [0.15, 0.2) is 10.3 Å². The van der Waals surface area contributed by atoms with Gasteiger partial charge in [0.05, 0.1) is 0 Å². The summed E-state index contributed by atoms with van der Waals surface area (Å²) in [5.41, 5.74) is 0.316. The number of nitrogens with zero attached hydrogens (tertiary/aromatic N) is 4. The second-order valence-electron chi connectivity index (χ2n) is 4.41. The van der Waals surface area contributed by atoms with Crippen LogP contribution in [0.3, 0.4) is 0 Å². The van der Waals surface area contributed by atoms with E-state index in [-0.39, 0.29) is 0 Å². The van der Waals surface area contributed by atoms with Crippen LogP contribution in [0.2, 0.25) is 0 Å². The van der Waals surface area contributed by atoms with E-state index in [9.17, 15) is 4.79 Å². The van der Waals surface area contributed by atoms with E-state index in [0.29, 0.717) is 15.8 Å². The molecule has 0 fully saturated rings. The number of aromatic nitrogens is 4. The first-order valence-corrected chi connectivity index (χ1v) is 5.76. The molecule has 0 unspecified atom stereocenters. The molecule has 2 rings (SSSR count). The standard InChI is InChI=1S/C10H11BrN4O2/c1-10(2,3)17-9(16)15-8-6(7(11)14-15)12-4-5-13-8/h4-5H,1-3H3. The number of halogens is 1. The molecule has 2 heterocycles. The number of fused-ring (bicyclic) bond motifs is 1. The summed E-state index contributed by atoms with van der Waals surface area (Å²) in [4.78, 5) is 20.0. The lowest BCUT2D eigenvalue weighted by atomic mass is 10.2. The third-order valence-electron chi connectivity index (χ3n) is 1.83. The van der Waals surface area contributed by atoms with Crippen molar-refractivity contribution in [1.29, 1.82) is 0 Å². The maximum Gasteiger partial charge on any atom is 0.437 e. The van der Waals surface area contributed by atoms with E-state index in [2.05, 4.69) is 31.0 Å². The van der Waals surface area contributed by atoms with Crippen LogP contribution in [0.25, 0.3) is 11.2 Å². The van der Waals surface area contributed by atoms with E-state index in [4.69, 9.17) is 4.74 Å². The molecule has 0 spiro atoms. The van der Waals surface area contributed by atoms with Gasteiger partial charge in [-0.05, 0) is 36.7 Å². The first kappa shape index (κ1) is 12.0. The van der Waals surface area contributed by atoms with E-state index in [1.54, 1.807) is 20.8 Å². The summed E-state index contributed by atoms with van der Waals surface area (Å²) >= 11 is 3.22. The van der Waals surface area contributed by atoms with Gasteiger partial charge in [-0.2, -0.15) is 5.10 Å². The summed E-state index contributed by atoms with van der Waals surface area (Å²) in [5.74, 6) is 0. The second-order valence-corrected chi connectivity index (χ2v) is 5.16. The number of rotatable bonds is 0. The van der Waals surface area contributed by atoms with E-state index in [1.165, 1.54) is 12.4 Å². The second kappa shape index (κ2) is 4.06. The van der Waals surface area contributed by atoms with Crippen molar-refractivity contribution in [3.8, 4) is 0 Å². The van der Waals surface area contributed by atoms with Gasteiger partial charge in [-0.25, -0.2) is 14.8 Å². The van der Waals surface area contributed by atoms with Crippen molar-refractivity contribution in [3.05, 3.63) is 17.0 Å². The molecule has 0 aliphatic rings. The van der Waals surface area contributed by atoms with Crippen molar-refractivity contribution in [2.75, 3.05) is 0 Å². The smallest absolute Gasteiger partial charge is 0.437 e. The summed E-state index contributed by atoms with van der Waals surface area (Å²) in [5, 5.41) is 4.01. The molecule has 0 atom stereocenters. The number of carbonyl (C=O) groups excluding carboxylic acids is 1. The minimum Gasteiger partial charge on any atom is -0.442 e. The molecule has 2 aromatic rings. The molecule has 0 aliphatic heterocycles. The normalized spacial score (nSPS) is 11.8. The lowest BCUT2D eigenvalue weighted by Gasteiger charge is -2.18. The van der Waals surface area contributed by atoms with Gasteiger partial charge in [-0.1, -0.05) is 0 Å². The predicted molar refractivity (Wildman–Crippen MR) is 64.7 cm³/mol. The van der Waals surface area contributed by atoms with Gasteiger partial charge in [0.2, 0.25) is 0 Å². The fraction of sp³-hybridized carbons (Fsp3) is 0.400. The minimum absolute atomic E-state index is 0.369. The Kier molecular flexibility index (Phi) is 2.86. The van der Waals surface area contributed by atoms with E-state index < -0.39 is 11.7 Å². The molecule has 0 aliphatic carbocycles. The molecular formula is C10H11BrN4O2. The highest BCUT2D eigenvalue weighted by molar-refractivity contribution is 9.10. The zero-order chi connectivity index (χ0) is 12.6. The van der Waals surface area contributed by atoms with Crippen LogP contribution in [0.15, 0.2) is 17.0 Å². The maximum absolute atomic E-state index is 11.9. The van der Waals surface area contributed by atoms with Gasteiger partial charge in [0.1, 0.15) is 11.1 Å². The van der Waals surface area contributed by atoms with Crippen LogP contribution in [0, 0.1) is 0 Å². The third kappa shape index (κ3) is 2.44. The number of hydrogen-bond acceptors (Lipinski definition) is 5. The molecule has 2 aromatic heterocycles. The molecule has 90 valence electrons. The number of ether oxygens (including phenoxy) is 1. The van der Waals surface area contributed by atoms with E-state index in [1.807, 2.05) is 0 Å². The summed E-state index contributed by atoms with van der Waals surface area (Å²) in [6.45, 7) is 5.37. The van der Waals surface area contributed by atoms with Gasteiger partial charge in [0.25, 0.3) is 0 Å². The third-order valence-corrected chi connectivity index (χ3v) is 2.36. The Balaban J connectivity index is 2.46. The van der Waals surface area contributed by atoms with Crippen molar-refractivity contribution >= 4 is 33.2 Å². The molecule has 0 amide bonds. The average Bonchev–Trinajstić information content (AvgIpc) is 2.55. The average molecular weight is 299 g/mol. The highest BCUT2D eigenvalue weighted by atomic mass is 79.9. The zero-order valence-corrected chi connectivity index (χ0v) is 11.2. The first-order valence-electron chi connectivity index (χ1n) is 4.97. The first-order chi connectivity index (χ1) is 7.88. The summed E-state index contributed by atoms with van der Waals surface area (Å²) in [6.07, 6.45) is 2.46. The summed E-state index contributed by atoms with van der Waals surface area (Å²) in [6, 6.07) is 0. The monoisotopic (exact) mass is 298 g/mol. The largest absolute Gasteiger partial charge is 0.442 e. The Labute approximate surface area is 106 Å². The molecule has 0 saturated heterocycles. The lowest BCUT2D eigenvalue weighted by molar-refractivity contribution is 0.0521. The van der Waals surface area contributed by atoms with Crippen LogP contribution in [0.1, 0.15) is 20.8 Å².